The number of amides is 1. The first kappa shape index (κ1) is 16.2. The van der Waals surface area contributed by atoms with Crippen molar-refractivity contribution in [1.82, 2.24) is 10.2 Å². The van der Waals surface area contributed by atoms with Crippen LogP contribution in [0.4, 0.5) is 0 Å². The molecular weight excluding hydrogens is 268 g/mol. The summed E-state index contributed by atoms with van der Waals surface area (Å²) >= 11 is 1.84. The maximum Gasteiger partial charge on any atom is 0.241 e. The summed E-state index contributed by atoms with van der Waals surface area (Å²) < 4.78 is 0. The van der Waals surface area contributed by atoms with E-state index in [-0.39, 0.29) is 12.2 Å². The highest BCUT2D eigenvalue weighted by Gasteiger charge is 2.46. The van der Waals surface area contributed by atoms with Crippen LogP contribution in [0.1, 0.15) is 52.9 Å². The molecule has 116 valence electrons. The number of rotatable bonds is 6. The fraction of sp³-hybridized carbons (Fsp3) is 0.938. The maximum atomic E-state index is 12.8. The van der Waals surface area contributed by atoms with Gasteiger partial charge in [-0.15, -0.1) is 0 Å². The molecular formula is C16H30N2OS. The molecule has 4 heteroatoms. The molecule has 0 spiro atoms. The van der Waals surface area contributed by atoms with Gasteiger partial charge in [0.05, 0.1) is 12.2 Å². The molecule has 0 radical (unpaired) electrons. The van der Waals surface area contributed by atoms with Crippen molar-refractivity contribution < 1.29 is 4.79 Å². The molecule has 2 fully saturated rings. The minimum atomic E-state index is 0.0370. The van der Waals surface area contributed by atoms with Gasteiger partial charge < -0.3 is 4.90 Å². The van der Waals surface area contributed by atoms with E-state index in [0.717, 1.165) is 12.2 Å². The van der Waals surface area contributed by atoms with Crippen LogP contribution < -0.4 is 5.32 Å². The first-order valence-electron chi connectivity index (χ1n) is 8.17. The largest absolute Gasteiger partial charge is 0.322 e. The van der Waals surface area contributed by atoms with E-state index in [1.807, 2.05) is 11.8 Å². The lowest BCUT2D eigenvalue weighted by molar-refractivity contribution is -0.133. The Bertz CT molecular complexity index is 330. The van der Waals surface area contributed by atoms with Crippen molar-refractivity contribution in [2.24, 2.45) is 11.8 Å². The van der Waals surface area contributed by atoms with E-state index in [4.69, 9.17) is 0 Å². The number of carbonyl (C=O) groups excluding carboxylic acids is 1. The highest BCUT2D eigenvalue weighted by molar-refractivity contribution is 7.98. The number of nitrogens with zero attached hydrogens (tertiary/aromatic N) is 1. The van der Waals surface area contributed by atoms with Crippen LogP contribution in [0.25, 0.3) is 0 Å². The normalized spacial score (nSPS) is 31.0. The molecule has 0 bridgehead atoms. The third-order valence-corrected chi connectivity index (χ3v) is 5.93. The summed E-state index contributed by atoms with van der Waals surface area (Å²) in [5.74, 6) is 2.47. The summed E-state index contributed by atoms with van der Waals surface area (Å²) in [5.41, 5.74) is 0. The van der Waals surface area contributed by atoms with Gasteiger partial charge in [0, 0.05) is 11.8 Å². The maximum absolute atomic E-state index is 12.8. The Hall–Kier alpha value is -0.220. The third kappa shape index (κ3) is 3.16. The minimum absolute atomic E-state index is 0.0370. The minimum Gasteiger partial charge on any atom is -0.322 e. The van der Waals surface area contributed by atoms with Crippen LogP contribution in [0, 0.1) is 11.8 Å². The molecule has 1 amide bonds. The van der Waals surface area contributed by atoms with Crippen LogP contribution in [-0.2, 0) is 4.79 Å². The molecule has 20 heavy (non-hydrogen) atoms. The number of hydrogen-bond acceptors (Lipinski definition) is 3. The van der Waals surface area contributed by atoms with E-state index in [0.29, 0.717) is 23.8 Å². The standard InChI is InChI=1S/C16H30N2OS/c1-5-11(2)14-16(19)18(12(3)10-20-4)15(17-14)13-8-6-7-9-13/h11-15,17H,5-10H2,1-4H3. The highest BCUT2D eigenvalue weighted by Crippen LogP contribution is 2.34. The van der Waals surface area contributed by atoms with Gasteiger partial charge in [-0.3, -0.25) is 10.1 Å². The number of thioether (sulfide) groups is 1. The second kappa shape index (κ2) is 7.17. The molecule has 4 unspecified atom stereocenters. The van der Waals surface area contributed by atoms with Gasteiger partial charge >= 0.3 is 0 Å². The lowest BCUT2D eigenvalue weighted by Crippen LogP contribution is -2.47. The van der Waals surface area contributed by atoms with Gasteiger partial charge in [-0.25, -0.2) is 0 Å². The Balaban J connectivity index is 2.15. The van der Waals surface area contributed by atoms with E-state index in [2.05, 4.69) is 37.2 Å². The van der Waals surface area contributed by atoms with Gasteiger partial charge in [-0.05, 0) is 37.9 Å². The monoisotopic (exact) mass is 298 g/mol. The molecule has 1 saturated carbocycles. The lowest BCUT2D eigenvalue weighted by Gasteiger charge is -2.33. The zero-order chi connectivity index (χ0) is 14.7. The van der Waals surface area contributed by atoms with Crippen LogP contribution in [0.2, 0.25) is 0 Å². The van der Waals surface area contributed by atoms with Gasteiger partial charge in [-0.1, -0.05) is 33.1 Å². The van der Waals surface area contributed by atoms with Gasteiger partial charge in [0.1, 0.15) is 0 Å². The predicted octanol–water partition coefficient (Wildman–Crippen LogP) is 3.10. The van der Waals surface area contributed by atoms with Crippen molar-refractivity contribution in [2.45, 2.75) is 71.1 Å². The van der Waals surface area contributed by atoms with Crippen LogP contribution in [0.15, 0.2) is 0 Å². The van der Waals surface area contributed by atoms with E-state index in [1.165, 1.54) is 25.7 Å². The quantitative estimate of drug-likeness (QED) is 0.818. The third-order valence-electron chi connectivity index (χ3n) is 5.11. The van der Waals surface area contributed by atoms with E-state index in [1.54, 1.807) is 0 Å². The summed E-state index contributed by atoms with van der Waals surface area (Å²) in [6.07, 6.45) is 8.69. The van der Waals surface area contributed by atoms with Crippen molar-refractivity contribution in [3.8, 4) is 0 Å². The average Bonchev–Trinajstić information content (AvgIpc) is 3.05. The Morgan fingerprint density at radius 1 is 1.35 bits per heavy atom. The second-order valence-electron chi connectivity index (χ2n) is 6.57. The molecule has 3 nitrogen and oxygen atoms in total. The Labute approximate surface area is 128 Å². The first-order chi connectivity index (χ1) is 9.60. The summed E-state index contributed by atoms with van der Waals surface area (Å²) in [6.45, 7) is 6.58. The molecule has 0 aromatic heterocycles. The topological polar surface area (TPSA) is 32.3 Å². The fourth-order valence-electron chi connectivity index (χ4n) is 3.73. The summed E-state index contributed by atoms with van der Waals surface area (Å²) in [6, 6.07) is 0.375. The SMILES string of the molecule is CCC(C)C1NC(C2CCCC2)N(C(C)CSC)C1=O. The van der Waals surface area contributed by atoms with Crippen molar-refractivity contribution in [1.29, 1.82) is 0 Å². The summed E-state index contributed by atoms with van der Waals surface area (Å²) in [7, 11) is 0. The Morgan fingerprint density at radius 2 is 2.00 bits per heavy atom. The van der Waals surface area contributed by atoms with E-state index >= 15 is 0 Å². The van der Waals surface area contributed by atoms with Crippen LogP contribution >= 0.6 is 11.8 Å². The average molecular weight is 298 g/mol. The smallest absolute Gasteiger partial charge is 0.241 e. The van der Waals surface area contributed by atoms with Crippen LogP contribution in [0.3, 0.4) is 0 Å². The molecule has 1 saturated heterocycles. The summed E-state index contributed by atoms with van der Waals surface area (Å²) in [5, 5.41) is 3.69. The molecule has 2 aliphatic rings. The van der Waals surface area contributed by atoms with Crippen molar-refractivity contribution in [3.05, 3.63) is 0 Å². The van der Waals surface area contributed by atoms with Crippen molar-refractivity contribution >= 4 is 17.7 Å². The van der Waals surface area contributed by atoms with Gasteiger partial charge in [0.25, 0.3) is 0 Å². The first-order valence-corrected chi connectivity index (χ1v) is 9.56. The number of carbonyl (C=O) groups is 1. The Kier molecular flexibility index (Phi) is 5.79. The molecule has 0 aromatic carbocycles. The number of nitrogens with one attached hydrogen (secondary N) is 1. The molecule has 1 heterocycles. The molecule has 1 aliphatic carbocycles. The molecule has 1 aliphatic heterocycles. The van der Waals surface area contributed by atoms with Crippen LogP contribution in [-0.4, -0.2) is 41.1 Å². The predicted molar refractivity (Wildman–Crippen MR) is 86.8 cm³/mol. The zero-order valence-electron chi connectivity index (χ0n) is 13.4. The Morgan fingerprint density at radius 3 is 2.55 bits per heavy atom. The second-order valence-corrected chi connectivity index (χ2v) is 7.48. The molecule has 0 aromatic rings. The summed E-state index contributed by atoms with van der Waals surface area (Å²) in [4.78, 5) is 15.0. The lowest BCUT2D eigenvalue weighted by atomic mass is 9.99. The van der Waals surface area contributed by atoms with Gasteiger partial charge in [0.2, 0.25) is 5.91 Å². The van der Waals surface area contributed by atoms with Gasteiger partial charge in [-0.2, -0.15) is 11.8 Å². The van der Waals surface area contributed by atoms with Gasteiger partial charge in [0.15, 0.2) is 0 Å². The van der Waals surface area contributed by atoms with E-state index < -0.39 is 0 Å². The fourth-order valence-corrected chi connectivity index (χ4v) is 4.37. The molecule has 2 rings (SSSR count). The van der Waals surface area contributed by atoms with Crippen LogP contribution in [0.5, 0.6) is 0 Å². The van der Waals surface area contributed by atoms with E-state index in [9.17, 15) is 4.79 Å². The zero-order valence-corrected chi connectivity index (χ0v) is 14.2. The van der Waals surface area contributed by atoms with Crippen molar-refractivity contribution in [2.75, 3.05) is 12.0 Å². The number of hydrogen-bond donors (Lipinski definition) is 1. The molecule has 1 N–H and O–H groups in total. The van der Waals surface area contributed by atoms with Crippen molar-refractivity contribution in [3.63, 3.8) is 0 Å². The molecule has 4 atom stereocenters. The highest BCUT2D eigenvalue weighted by atomic mass is 32.2.